The van der Waals surface area contributed by atoms with Crippen LogP contribution in [0.3, 0.4) is 0 Å². The summed E-state index contributed by atoms with van der Waals surface area (Å²) in [5, 5.41) is 0.917. The van der Waals surface area contributed by atoms with Gasteiger partial charge in [0, 0.05) is 35.8 Å². The molecule has 0 aromatic heterocycles. The van der Waals surface area contributed by atoms with E-state index in [0.29, 0.717) is 46.8 Å². The summed E-state index contributed by atoms with van der Waals surface area (Å²) < 4.78 is 17.1. The summed E-state index contributed by atoms with van der Waals surface area (Å²) in [6.07, 6.45) is 1.60. The van der Waals surface area contributed by atoms with Crippen molar-refractivity contribution >= 4 is 35.1 Å². The van der Waals surface area contributed by atoms with Gasteiger partial charge in [0.25, 0.3) is 0 Å². The van der Waals surface area contributed by atoms with Gasteiger partial charge in [-0.15, -0.1) is 0 Å². The van der Waals surface area contributed by atoms with Gasteiger partial charge in [-0.05, 0) is 36.8 Å². The van der Waals surface area contributed by atoms with E-state index in [9.17, 15) is 4.79 Å². The van der Waals surface area contributed by atoms with Crippen molar-refractivity contribution < 1.29 is 19.0 Å². The molecule has 0 N–H and O–H groups in total. The van der Waals surface area contributed by atoms with Gasteiger partial charge in [-0.2, -0.15) is 0 Å². The number of hydrogen-bond donors (Lipinski definition) is 0. The van der Waals surface area contributed by atoms with Gasteiger partial charge in [-0.1, -0.05) is 29.3 Å². The molecular weight excluding hydrogens is 401 g/mol. The molecule has 2 aliphatic rings. The second kappa shape index (κ2) is 7.76. The largest absolute Gasteiger partial charge is 0.478 e. The zero-order valence-electron chi connectivity index (χ0n) is 15.6. The van der Waals surface area contributed by atoms with Crippen molar-refractivity contribution in [3.63, 3.8) is 0 Å². The third kappa shape index (κ3) is 3.40. The highest BCUT2D eigenvalue weighted by molar-refractivity contribution is 6.37. The molecule has 2 aliphatic heterocycles. The SMILES string of the molecule is COCCN1COc2cc(C)c3c(c2C1)O/C(=C\c1c(Cl)cccc1Cl)C3=O. The Morgan fingerprint density at radius 3 is 2.75 bits per heavy atom. The standard InChI is InChI=1S/C21H19Cl2NO4/c1-12-8-17-14(10-24(11-27-17)6-7-26-2)21-19(12)20(25)18(28-21)9-13-15(22)4-3-5-16(13)23/h3-5,8-9H,6-7,10-11H2,1-2H3/b18-9-. The van der Waals surface area contributed by atoms with Crippen molar-refractivity contribution in [1.82, 2.24) is 4.90 Å². The van der Waals surface area contributed by atoms with E-state index in [1.165, 1.54) is 0 Å². The molecule has 0 spiro atoms. The summed E-state index contributed by atoms with van der Waals surface area (Å²) in [4.78, 5) is 15.1. The average molecular weight is 420 g/mol. The fourth-order valence-electron chi connectivity index (χ4n) is 3.42. The van der Waals surface area contributed by atoms with E-state index in [2.05, 4.69) is 4.90 Å². The number of methoxy groups -OCH3 is 1. The van der Waals surface area contributed by atoms with Gasteiger partial charge in [-0.3, -0.25) is 9.69 Å². The Labute approximate surface area is 173 Å². The summed E-state index contributed by atoms with van der Waals surface area (Å²) in [6, 6.07) is 7.10. The molecule has 0 saturated heterocycles. The normalized spacial score (nSPS) is 17.3. The Bertz CT molecular complexity index is 967. The minimum Gasteiger partial charge on any atom is -0.478 e. The average Bonchev–Trinajstić information content (AvgIpc) is 3.00. The fraction of sp³-hybridized carbons (Fsp3) is 0.286. The smallest absolute Gasteiger partial charge is 0.232 e. The van der Waals surface area contributed by atoms with Crippen molar-refractivity contribution in [1.29, 1.82) is 0 Å². The van der Waals surface area contributed by atoms with Crippen LogP contribution in [0.5, 0.6) is 11.5 Å². The summed E-state index contributed by atoms with van der Waals surface area (Å²) in [5.74, 6) is 1.32. The molecule has 28 heavy (non-hydrogen) atoms. The number of carbonyl (C=O) groups is 1. The molecule has 0 aliphatic carbocycles. The predicted molar refractivity (Wildman–Crippen MR) is 108 cm³/mol. The van der Waals surface area contributed by atoms with Crippen LogP contribution in [0.15, 0.2) is 30.0 Å². The van der Waals surface area contributed by atoms with Gasteiger partial charge in [0.2, 0.25) is 5.78 Å². The molecule has 146 valence electrons. The molecule has 7 heteroatoms. The monoisotopic (exact) mass is 419 g/mol. The van der Waals surface area contributed by atoms with Crippen LogP contribution in [0.4, 0.5) is 0 Å². The number of ether oxygens (including phenoxy) is 3. The van der Waals surface area contributed by atoms with Crippen molar-refractivity contribution in [2.75, 3.05) is 27.0 Å². The molecule has 2 aromatic rings. The van der Waals surface area contributed by atoms with Gasteiger partial charge >= 0.3 is 0 Å². The Balaban J connectivity index is 1.73. The number of rotatable bonds is 4. The number of fused-ring (bicyclic) bond motifs is 3. The molecule has 0 bridgehead atoms. The number of benzene rings is 2. The van der Waals surface area contributed by atoms with Crippen LogP contribution in [-0.4, -0.2) is 37.7 Å². The molecule has 0 amide bonds. The summed E-state index contributed by atoms with van der Waals surface area (Å²) in [6.45, 7) is 4.30. The third-order valence-electron chi connectivity index (χ3n) is 4.87. The van der Waals surface area contributed by atoms with Crippen LogP contribution in [0.1, 0.15) is 27.0 Å². The van der Waals surface area contributed by atoms with Crippen LogP contribution in [0.25, 0.3) is 6.08 Å². The maximum Gasteiger partial charge on any atom is 0.232 e. The number of allylic oxidation sites excluding steroid dienone is 1. The highest BCUT2D eigenvalue weighted by Gasteiger charge is 2.35. The topological polar surface area (TPSA) is 48.0 Å². The van der Waals surface area contributed by atoms with Gasteiger partial charge in [0.15, 0.2) is 5.76 Å². The van der Waals surface area contributed by atoms with Gasteiger partial charge < -0.3 is 14.2 Å². The highest BCUT2D eigenvalue weighted by Crippen LogP contribution is 2.44. The molecule has 5 nitrogen and oxygen atoms in total. The van der Waals surface area contributed by atoms with E-state index >= 15 is 0 Å². The van der Waals surface area contributed by atoms with E-state index in [1.807, 2.05) is 13.0 Å². The Morgan fingerprint density at radius 1 is 1.29 bits per heavy atom. The molecular formula is C21H19Cl2NO4. The first-order valence-electron chi connectivity index (χ1n) is 8.88. The number of nitrogens with zero attached hydrogens (tertiary/aromatic N) is 1. The Kier molecular flexibility index (Phi) is 5.34. The van der Waals surface area contributed by atoms with Crippen LogP contribution >= 0.6 is 23.2 Å². The minimum atomic E-state index is -0.180. The Morgan fingerprint density at radius 2 is 2.04 bits per heavy atom. The number of carbonyl (C=O) groups excluding carboxylic acids is 1. The zero-order valence-corrected chi connectivity index (χ0v) is 17.1. The number of halogens is 2. The van der Waals surface area contributed by atoms with E-state index in [0.717, 1.165) is 23.4 Å². The first-order valence-corrected chi connectivity index (χ1v) is 9.64. The maximum atomic E-state index is 13.0. The van der Waals surface area contributed by atoms with Crippen molar-refractivity contribution in [3.05, 3.63) is 62.3 Å². The lowest BCUT2D eigenvalue weighted by Crippen LogP contribution is -2.34. The predicted octanol–water partition coefficient (Wildman–Crippen LogP) is 4.72. The van der Waals surface area contributed by atoms with Crippen molar-refractivity contribution in [2.24, 2.45) is 0 Å². The minimum absolute atomic E-state index is 0.180. The molecule has 2 aromatic carbocycles. The van der Waals surface area contributed by atoms with Crippen LogP contribution < -0.4 is 9.47 Å². The molecule has 0 radical (unpaired) electrons. The lowest BCUT2D eigenvalue weighted by molar-refractivity contribution is 0.0646. The number of ketones is 1. The molecule has 4 rings (SSSR count). The molecule has 0 saturated carbocycles. The second-order valence-electron chi connectivity index (χ2n) is 6.77. The second-order valence-corrected chi connectivity index (χ2v) is 7.58. The van der Waals surface area contributed by atoms with E-state index < -0.39 is 0 Å². The maximum absolute atomic E-state index is 13.0. The van der Waals surface area contributed by atoms with Gasteiger partial charge in [0.1, 0.15) is 18.2 Å². The number of Topliss-reactive ketones (excluding diaryl/α,β-unsaturated/α-hetero) is 1. The third-order valence-corrected chi connectivity index (χ3v) is 5.53. The fourth-order valence-corrected chi connectivity index (χ4v) is 3.93. The van der Waals surface area contributed by atoms with E-state index in [-0.39, 0.29) is 11.5 Å². The first kappa shape index (κ1) is 19.3. The van der Waals surface area contributed by atoms with Crippen LogP contribution in [0.2, 0.25) is 10.0 Å². The van der Waals surface area contributed by atoms with Crippen molar-refractivity contribution in [3.8, 4) is 11.5 Å². The van der Waals surface area contributed by atoms with E-state index in [1.54, 1.807) is 31.4 Å². The summed E-state index contributed by atoms with van der Waals surface area (Å²) in [7, 11) is 1.67. The molecule has 0 fully saturated rings. The summed E-state index contributed by atoms with van der Waals surface area (Å²) in [5.41, 5.74) is 2.81. The van der Waals surface area contributed by atoms with Gasteiger partial charge in [-0.25, -0.2) is 0 Å². The highest BCUT2D eigenvalue weighted by atomic mass is 35.5. The van der Waals surface area contributed by atoms with Crippen LogP contribution in [0, 0.1) is 6.92 Å². The first-order chi connectivity index (χ1) is 13.5. The molecule has 0 unspecified atom stereocenters. The molecule has 2 heterocycles. The zero-order chi connectivity index (χ0) is 19.8. The lowest BCUT2D eigenvalue weighted by Gasteiger charge is -2.29. The molecule has 0 atom stereocenters. The van der Waals surface area contributed by atoms with Crippen LogP contribution in [-0.2, 0) is 11.3 Å². The lowest BCUT2D eigenvalue weighted by atomic mass is 9.98. The number of hydrogen-bond acceptors (Lipinski definition) is 5. The Hall–Kier alpha value is -2.05. The van der Waals surface area contributed by atoms with Gasteiger partial charge in [0.05, 0.1) is 17.7 Å². The number of aryl methyl sites for hydroxylation is 1. The van der Waals surface area contributed by atoms with E-state index in [4.69, 9.17) is 37.4 Å². The quantitative estimate of drug-likeness (QED) is 0.671. The summed E-state index contributed by atoms with van der Waals surface area (Å²) >= 11 is 12.5. The van der Waals surface area contributed by atoms with Crippen molar-refractivity contribution in [2.45, 2.75) is 13.5 Å².